The van der Waals surface area contributed by atoms with Gasteiger partial charge in [0.05, 0.1) is 5.92 Å². The Morgan fingerprint density at radius 3 is 1.83 bits per heavy atom. The van der Waals surface area contributed by atoms with Gasteiger partial charge in [0, 0.05) is 71.9 Å². The van der Waals surface area contributed by atoms with Crippen LogP contribution >= 0.6 is 0 Å². The number of rotatable bonds is 9. The molecule has 11 rings (SSSR count). The topological polar surface area (TPSA) is 97.4 Å². The molecule has 4 fully saturated rings. The summed E-state index contributed by atoms with van der Waals surface area (Å²) >= 11 is 0. The lowest BCUT2D eigenvalue weighted by atomic mass is 9.57. The summed E-state index contributed by atoms with van der Waals surface area (Å²) in [4.78, 5) is 43.0. The summed E-state index contributed by atoms with van der Waals surface area (Å²) in [6.45, 7) is 0. The molecule has 0 spiro atoms. The number of methoxy groups -OCH3 is 2. The summed E-state index contributed by atoms with van der Waals surface area (Å²) in [6, 6.07) is 36.2. The van der Waals surface area contributed by atoms with Crippen LogP contribution in [-0.2, 0) is 29.5 Å². The fourth-order valence-electron chi connectivity index (χ4n) is 9.49. The highest BCUT2D eigenvalue weighted by molar-refractivity contribution is 6.04. The molecule has 6 aliphatic rings. The molecule has 0 unspecified atom stereocenters. The Labute approximate surface area is 313 Å². The van der Waals surface area contributed by atoms with Gasteiger partial charge in [0.2, 0.25) is 0 Å². The van der Waals surface area contributed by atoms with E-state index in [1.807, 2.05) is 115 Å². The van der Waals surface area contributed by atoms with Gasteiger partial charge in [0.25, 0.3) is 0 Å². The number of benzene rings is 5. The maximum atomic E-state index is 15.2. The second-order valence-electron chi connectivity index (χ2n) is 14.7. The first kappa shape index (κ1) is 34.2. The molecule has 0 heterocycles. The van der Waals surface area contributed by atoms with Crippen LogP contribution in [0.25, 0.3) is 16.5 Å². The van der Waals surface area contributed by atoms with Crippen molar-refractivity contribution in [3.63, 3.8) is 0 Å². The van der Waals surface area contributed by atoms with Gasteiger partial charge in [-0.25, -0.2) is 0 Å². The smallest absolute Gasteiger partial charge is 0.319 e. The van der Waals surface area contributed by atoms with E-state index in [4.69, 9.17) is 23.7 Å². The Kier molecular flexibility index (Phi) is 8.47. The van der Waals surface area contributed by atoms with Gasteiger partial charge in [0.15, 0.2) is 0 Å². The van der Waals surface area contributed by atoms with Crippen molar-refractivity contribution in [3.05, 3.63) is 138 Å². The number of esters is 1. The van der Waals surface area contributed by atoms with Crippen molar-refractivity contribution in [3.8, 4) is 23.0 Å². The molecule has 8 heteroatoms. The van der Waals surface area contributed by atoms with E-state index in [9.17, 15) is 9.59 Å². The predicted molar refractivity (Wildman–Crippen MR) is 202 cm³/mol. The van der Waals surface area contributed by atoms with Crippen LogP contribution in [0.4, 0.5) is 0 Å². The zero-order chi connectivity index (χ0) is 37.0. The molecule has 5 atom stereocenters. The summed E-state index contributed by atoms with van der Waals surface area (Å²) in [5.41, 5.74) is 0.634. The van der Waals surface area contributed by atoms with Crippen molar-refractivity contribution in [1.29, 1.82) is 0 Å². The molecule has 54 heavy (non-hydrogen) atoms. The predicted octanol–water partition coefficient (Wildman–Crippen LogP) is 9.10. The van der Waals surface area contributed by atoms with E-state index in [0.717, 1.165) is 16.5 Å². The number of ketones is 2. The van der Waals surface area contributed by atoms with E-state index < -0.39 is 34.9 Å². The molecule has 0 radical (unpaired) electrons. The minimum absolute atomic E-state index is 0.0299. The Hall–Kier alpha value is -5.57. The van der Waals surface area contributed by atoms with Crippen LogP contribution in [0.3, 0.4) is 0 Å². The van der Waals surface area contributed by atoms with Crippen molar-refractivity contribution in [2.75, 3.05) is 14.2 Å². The summed E-state index contributed by atoms with van der Waals surface area (Å²) in [5.74, 6) is -0.222. The lowest BCUT2D eigenvalue weighted by molar-refractivity contribution is -0.156. The van der Waals surface area contributed by atoms with Crippen LogP contribution in [0.5, 0.6) is 23.0 Å². The normalized spacial score (nSPS) is 26.4. The molecular formula is C46H40O8. The molecule has 6 aliphatic carbocycles. The van der Waals surface area contributed by atoms with Crippen molar-refractivity contribution in [2.24, 2.45) is 11.8 Å². The van der Waals surface area contributed by atoms with Crippen molar-refractivity contribution in [2.45, 2.75) is 55.6 Å². The van der Waals surface area contributed by atoms with Crippen LogP contribution in [0.2, 0.25) is 0 Å². The molecule has 0 N–H and O–H groups in total. The lowest BCUT2D eigenvalue weighted by Crippen LogP contribution is -2.56. The van der Waals surface area contributed by atoms with E-state index in [0.29, 0.717) is 71.0 Å². The lowest BCUT2D eigenvalue weighted by Gasteiger charge is -2.50. The number of Topliss-reactive ketones (excluding diaryl/α,β-unsaturated/α-hetero) is 2. The Balaban J connectivity index is 1.26. The molecule has 5 aromatic carbocycles. The van der Waals surface area contributed by atoms with Gasteiger partial charge in [-0.05, 0) is 49.9 Å². The van der Waals surface area contributed by atoms with Crippen molar-refractivity contribution in [1.82, 2.24) is 0 Å². The number of hydrogen-bond donors (Lipinski definition) is 0. The maximum Gasteiger partial charge on any atom is 0.319 e. The van der Waals surface area contributed by atoms with Crippen molar-refractivity contribution >= 4 is 34.1 Å². The molecule has 0 aliphatic heterocycles. The fourth-order valence-corrected chi connectivity index (χ4v) is 9.49. The first-order valence-electron chi connectivity index (χ1n) is 18.6. The molecule has 4 bridgehead atoms. The third-order valence-corrected chi connectivity index (χ3v) is 12.0. The molecule has 0 amide bonds. The highest BCUT2D eigenvalue weighted by atomic mass is 16.5. The van der Waals surface area contributed by atoms with Crippen molar-refractivity contribution < 1.29 is 38.1 Å². The first-order chi connectivity index (χ1) is 26.4. The van der Waals surface area contributed by atoms with Crippen LogP contribution < -0.4 is 14.2 Å². The number of para-hydroxylation sites is 2. The Morgan fingerprint density at radius 2 is 1.20 bits per heavy atom. The van der Waals surface area contributed by atoms with Gasteiger partial charge >= 0.3 is 5.97 Å². The fraction of sp³-hybridized carbons (Fsp3) is 0.283. The number of hydrogen-bond acceptors (Lipinski definition) is 8. The summed E-state index contributed by atoms with van der Waals surface area (Å²) < 4.78 is 32.7. The third kappa shape index (κ3) is 5.38. The molecule has 272 valence electrons. The maximum absolute atomic E-state index is 15.2. The minimum atomic E-state index is -1.08. The molecule has 0 aromatic heterocycles. The van der Waals surface area contributed by atoms with E-state index in [2.05, 4.69) is 0 Å². The zero-order valence-corrected chi connectivity index (χ0v) is 30.2. The van der Waals surface area contributed by atoms with Gasteiger partial charge in [-0.15, -0.1) is 0 Å². The number of carbonyl (C=O) groups excluding carboxylic acids is 3. The average molecular weight is 721 g/mol. The quantitative estimate of drug-likeness (QED) is 0.0846. The Morgan fingerprint density at radius 1 is 0.630 bits per heavy atom. The van der Waals surface area contributed by atoms with Gasteiger partial charge in [0.1, 0.15) is 51.5 Å². The van der Waals surface area contributed by atoms with E-state index in [1.54, 1.807) is 14.2 Å². The number of fused-ring (bicyclic) bond motifs is 6. The third-order valence-electron chi connectivity index (χ3n) is 12.0. The zero-order valence-electron chi connectivity index (χ0n) is 30.2. The molecule has 5 aromatic rings. The number of ether oxygens (including phenoxy) is 5. The summed E-state index contributed by atoms with van der Waals surface area (Å²) in [6.07, 6.45) is 2.48. The average Bonchev–Trinajstić information content (AvgIpc) is 3.22. The largest absolute Gasteiger partial charge is 0.457 e. The van der Waals surface area contributed by atoms with Crippen LogP contribution in [-0.4, -0.2) is 37.4 Å². The van der Waals surface area contributed by atoms with E-state index in [1.165, 1.54) is 0 Å². The van der Waals surface area contributed by atoms with Crippen LogP contribution in [0.1, 0.15) is 61.1 Å². The highest BCUT2D eigenvalue weighted by Crippen LogP contribution is 2.61. The second-order valence-corrected chi connectivity index (χ2v) is 14.7. The summed E-state index contributed by atoms with van der Waals surface area (Å²) in [7, 11) is 3.22. The van der Waals surface area contributed by atoms with Gasteiger partial charge in [-0.2, -0.15) is 0 Å². The standard InChI is InChI=1S/C46H40O8/c1-50-45-24-22-33(35(47)26-45)37-39(45)43(53-30-18-10-5-11-19-30)32-21-13-12-20-31(32)42(37)54-44(49)38-34-23-25-46(51-2,27-36(34)48)40(38)41(28-14-6-3-7-15-28)52-29-16-8-4-9-17-29/h3-21,33-34,38H,22-27H2,1-2H3/b41-40+/t33-,34-,38+,45-,46-/m1/s1. The molecule has 4 saturated carbocycles. The summed E-state index contributed by atoms with van der Waals surface area (Å²) in [5, 5.41) is 1.35. The number of carbonyl (C=O) groups is 3. The van der Waals surface area contributed by atoms with Gasteiger partial charge < -0.3 is 23.7 Å². The highest BCUT2D eigenvalue weighted by Gasteiger charge is 2.60. The molecule has 0 saturated heterocycles. The molecular weight excluding hydrogens is 680 g/mol. The van der Waals surface area contributed by atoms with Crippen LogP contribution in [0.15, 0.2) is 121 Å². The minimum Gasteiger partial charge on any atom is -0.457 e. The SMILES string of the molecule is CO[C@]12CC[C@H](C(=O)C1)[C@H](C(=O)Oc1c3c(c(Oc4ccccc4)c4ccccc14)[C@@]1(OC)CC[C@@H]3C(=O)C1)/C2=C(\Oc1ccccc1)c1ccccc1. The Bertz CT molecular complexity index is 2320. The van der Waals surface area contributed by atoms with Crippen LogP contribution in [0, 0.1) is 11.8 Å². The van der Waals surface area contributed by atoms with Gasteiger partial charge in [-0.3, -0.25) is 14.4 Å². The molecule has 8 nitrogen and oxygen atoms in total. The van der Waals surface area contributed by atoms with E-state index >= 15 is 4.79 Å². The van der Waals surface area contributed by atoms with E-state index in [-0.39, 0.29) is 24.4 Å². The monoisotopic (exact) mass is 720 g/mol. The second kappa shape index (κ2) is 13.4. The van der Waals surface area contributed by atoms with Gasteiger partial charge in [-0.1, -0.05) is 91.0 Å². The first-order valence-corrected chi connectivity index (χ1v) is 18.6.